The molecule has 0 radical (unpaired) electrons. The smallest absolute Gasteiger partial charge is 0.261 e. The molecule has 6 heteroatoms. The van der Waals surface area contributed by atoms with E-state index in [9.17, 15) is 14.4 Å². The van der Waals surface area contributed by atoms with Gasteiger partial charge in [0.05, 0.1) is 30.8 Å². The largest absolute Gasteiger partial charge is 0.356 e. The summed E-state index contributed by atoms with van der Waals surface area (Å²) in [6.45, 7) is 4.63. The monoisotopic (exact) mass is 358 g/mol. The number of hydrogen-bond acceptors (Lipinski definition) is 3. The first kappa shape index (κ1) is 18.6. The van der Waals surface area contributed by atoms with Gasteiger partial charge in [-0.25, -0.2) is 0 Å². The molecule has 0 unspecified atom stereocenters. The summed E-state index contributed by atoms with van der Waals surface area (Å²) in [5, 5.41) is 2.95. The van der Waals surface area contributed by atoms with Crippen LogP contribution in [-0.2, 0) is 4.79 Å². The Labute approximate surface area is 154 Å². The van der Waals surface area contributed by atoms with Crippen molar-refractivity contribution >= 4 is 17.7 Å². The van der Waals surface area contributed by atoms with Crippen LogP contribution in [0.2, 0.25) is 0 Å². The van der Waals surface area contributed by atoms with E-state index in [1.54, 1.807) is 29.2 Å². The topological polar surface area (TPSA) is 70.9 Å². The maximum Gasteiger partial charge on any atom is 0.261 e. The van der Waals surface area contributed by atoms with Gasteiger partial charge in [-0.3, -0.25) is 19.3 Å². The highest BCUT2D eigenvalue weighted by Gasteiger charge is 2.34. The summed E-state index contributed by atoms with van der Waals surface area (Å²) < 4.78 is 0. The highest BCUT2D eigenvalue weighted by molar-refractivity contribution is 6.21. The summed E-state index contributed by atoms with van der Waals surface area (Å²) >= 11 is 0. The molecule has 2 heterocycles. The molecule has 26 heavy (non-hydrogen) atoms. The number of hydrogen-bond donors (Lipinski definition) is 2. The van der Waals surface area contributed by atoms with Crippen molar-refractivity contribution in [1.29, 1.82) is 0 Å². The third-order valence-corrected chi connectivity index (χ3v) is 5.25. The van der Waals surface area contributed by atoms with Crippen molar-refractivity contribution in [2.45, 2.75) is 38.5 Å². The highest BCUT2D eigenvalue weighted by Crippen LogP contribution is 2.22. The fourth-order valence-electron chi connectivity index (χ4n) is 3.80. The Hall–Kier alpha value is -2.21. The second-order valence-electron chi connectivity index (χ2n) is 7.18. The van der Waals surface area contributed by atoms with Gasteiger partial charge in [0.1, 0.15) is 0 Å². The van der Waals surface area contributed by atoms with E-state index in [2.05, 4.69) is 5.32 Å². The average Bonchev–Trinajstić information content (AvgIpc) is 2.91. The lowest BCUT2D eigenvalue weighted by molar-refractivity contribution is -0.904. The Balaban J connectivity index is 1.32. The standard InChI is InChI=1S/C20H27N3O3/c24-18(21-11-7-14-22-12-4-1-5-13-22)10-6-15-23-19(25)16-8-2-3-9-17(16)20(23)26/h2-3,8-9H,1,4-7,10-15H2,(H,21,24)/p+1. The van der Waals surface area contributed by atoms with Crippen molar-refractivity contribution in [2.75, 3.05) is 32.7 Å². The van der Waals surface area contributed by atoms with Crippen LogP contribution in [-0.4, -0.2) is 55.3 Å². The fourth-order valence-corrected chi connectivity index (χ4v) is 3.80. The molecule has 0 spiro atoms. The third kappa shape index (κ3) is 4.49. The molecule has 1 fully saturated rings. The van der Waals surface area contributed by atoms with Gasteiger partial charge in [-0.05, 0) is 37.8 Å². The summed E-state index contributed by atoms with van der Waals surface area (Å²) in [7, 11) is 0. The van der Waals surface area contributed by atoms with E-state index in [0.717, 1.165) is 13.0 Å². The van der Waals surface area contributed by atoms with Crippen molar-refractivity contribution in [3.8, 4) is 0 Å². The number of carbonyl (C=O) groups is 3. The van der Waals surface area contributed by atoms with E-state index in [4.69, 9.17) is 0 Å². The molecule has 0 atom stereocenters. The minimum absolute atomic E-state index is 0.00440. The zero-order valence-corrected chi connectivity index (χ0v) is 15.3. The van der Waals surface area contributed by atoms with Crippen LogP contribution in [0.1, 0.15) is 59.2 Å². The Bertz CT molecular complexity index is 633. The number of piperidine rings is 1. The Kier molecular flexibility index (Phi) is 6.39. The van der Waals surface area contributed by atoms with Gasteiger partial charge in [0.15, 0.2) is 0 Å². The van der Waals surface area contributed by atoms with Gasteiger partial charge >= 0.3 is 0 Å². The van der Waals surface area contributed by atoms with Gasteiger partial charge in [-0.1, -0.05) is 12.1 Å². The number of fused-ring (bicyclic) bond motifs is 1. The Morgan fingerprint density at radius 2 is 1.65 bits per heavy atom. The fraction of sp³-hybridized carbons (Fsp3) is 0.550. The molecule has 2 N–H and O–H groups in total. The summed E-state index contributed by atoms with van der Waals surface area (Å²) in [4.78, 5) is 39.3. The van der Waals surface area contributed by atoms with Gasteiger partial charge < -0.3 is 10.2 Å². The number of nitrogens with zero attached hydrogens (tertiary/aromatic N) is 1. The number of imide groups is 1. The zero-order chi connectivity index (χ0) is 18.4. The van der Waals surface area contributed by atoms with Crippen LogP contribution in [0.15, 0.2) is 24.3 Å². The summed E-state index contributed by atoms with van der Waals surface area (Å²) in [6.07, 6.45) is 5.82. The van der Waals surface area contributed by atoms with Crippen molar-refractivity contribution in [3.63, 3.8) is 0 Å². The van der Waals surface area contributed by atoms with E-state index in [0.29, 0.717) is 30.5 Å². The van der Waals surface area contributed by atoms with Gasteiger partial charge in [0.2, 0.25) is 5.91 Å². The van der Waals surface area contributed by atoms with E-state index < -0.39 is 0 Å². The van der Waals surface area contributed by atoms with Gasteiger partial charge in [-0.2, -0.15) is 0 Å². The van der Waals surface area contributed by atoms with Gasteiger partial charge in [0, 0.05) is 25.9 Å². The highest BCUT2D eigenvalue weighted by atomic mass is 16.2. The number of benzene rings is 1. The molecule has 0 aliphatic carbocycles. The molecule has 1 aromatic rings. The maximum absolute atomic E-state index is 12.2. The molecular weight excluding hydrogens is 330 g/mol. The lowest BCUT2D eigenvalue weighted by atomic mass is 10.1. The number of nitrogens with one attached hydrogen (secondary N) is 2. The molecule has 3 rings (SSSR count). The number of likely N-dealkylation sites (tertiary alicyclic amines) is 1. The molecule has 0 aromatic heterocycles. The second-order valence-corrected chi connectivity index (χ2v) is 7.18. The average molecular weight is 358 g/mol. The molecule has 2 aliphatic rings. The van der Waals surface area contributed by atoms with Crippen LogP contribution in [0, 0.1) is 0 Å². The second kappa shape index (κ2) is 8.94. The minimum atomic E-state index is -0.254. The molecular formula is C20H28N3O3+. The van der Waals surface area contributed by atoms with Crippen LogP contribution in [0.4, 0.5) is 0 Å². The Morgan fingerprint density at radius 3 is 2.31 bits per heavy atom. The molecule has 1 aromatic carbocycles. The lowest BCUT2D eigenvalue weighted by Crippen LogP contribution is -3.12. The van der Waals surface area contributed by atoms with E-state index in [1.807, 2.05) is 0 Å². The normalized spacial score (nSPS) is 17.5. The van der Waals surface area contributed by atoms with Gasteiger partial charge in [0.25, 0.3) is 11.8 Å². The molecule has 0 saturated carbocycles. The molecule has 6 nitrogen and oxygen atoms in total. The van der Waals surface area contributed by atoms with Crippen molar-refractivity contribution in [1.82, 2.24) is 10.2 Å². The first-order valence-electron chi connectivity index (χ1n) is 9.72. The molecule has 3 amide bonds. The van der Waals surface area contributed by atoms with E-state index in [-0.39, 0.29) is 24.3 Å². The third-order valence-electron chi connectivity index (χ3n) is 5.25. The predicted molar refractivity (Wildman–Crippen MR) is 98.1 cm³/mol. The summed E-state index contributed by atoms with van der Waals surface area (Å²) in [5.41, 5.74) is 0.921. The molecule has 0 bridgehead atoms. The van der Waals surface area contributed by atoms with Crippen LogP contribution in [0.5, 0.6) is 0 Å². The lowest BCUT2D eigenvalue weighted by Gasteiger charge is -2.23. The first-order valence-corrected chi connectivity index (χ1v) is 9.72. The van der Waals surface area contributed by atoms with E-state index in [1.165, 1.54) is 37.3 Å². The first-order chi connectivity index (χ1) is 12.7. The number of carbonyl (C=O) groups excluding carboxylic acids is 3. The summed E-state index contributed by atoms with van der Waals surface area (Å²) in [6, 6.07) is 6.86. The Morgan fingerprint density at radius 1 is 1.00 bits per heavy atom. The number of rotatable bonds is 8. The molecule has 1 saturated heterocycles. The van der Waals surface area contributed by atoms with Crippen LogP contribution in [0.3, 0.4) is 0 Å². The minimum Gasteiger partial charge on any atom is -0.356 e. The number of amides is 3. The maximum atomic E-state index is 12.2. The van der Waals surface area contributed by atoms with Crippen LogP contribution in [0.25, 0.3) is 0 Å². The predicted octanol–water partition coefficient (Wildman–Crippen LogP) is 0.638. The van der Waals surface area contributed by atoms with Crippen LogP contribution < -0.4 is 10.2 Å². The number of quaternary nitrogens is 1. The zero-order valence-electron chi connectivity index (χ0n) is 15.3. The summed E-state index contributed by atoms with van der Waals surface area (Å²) in [5.74, 6) is -0.513. The van der Waals surface area contributed by atoms with Crippen molar-refractivity contribution in [2.24, 2.45) is 0 Å². The van der Waals surface area contributed by atoms with Crippen molar-refractivity contribution in [3.05, 3.63) is 35.4 Å². The van der Waals surface area contributed by atoms with Gasteiger partial charge in [-0.15, -0.1) is 0 Å². The van der Waals surface area contributed by atoms with Crippen LogP contribution >= 0.6 is 0 Å². The molecule has 2 aliphatic heterocycles. The van der Waals surface area contributed by atoms with Crippen molar-refractivity contribution < 1.29 is 19.3 Å². The van der Waals surface area contributed by atoms with E-state index >= 15 is 0 Å². The molecule has 140 valence electrons. The SMILES string of the molecule is O=C(CCCN1C(=O)c2ccccc2C1=O)NCCC[NH+]1CCCCC1. The quantitative estimate of drug-likeness (QED) is 0.529.